The van der Waals surface area contributed by atoms with E-state index in [0.29, 0.717) is 17.9 Å². The highest BCUT2D eigenvalue weighted by Gasteiger charge is 2.25. The lowest BCUT2D eigenvalue weighted by atomic mass is 10.1. The van der Waals surface area contributed by atoms with Crippen LogP contribution < -0.4 is 5.32 Å². The van der Waals surface area contributed by atoms with Gasteiger partial charge < -0.3 is 10.4 Å². The van der Waals surface area contributed by atoms with E-state index < -0.39 is 0 Å². The number of carbonyl (C=O) groups excluding carboxylic acids is 1. The molecule has 21 heavy (non-hydrogen) atoms. The van der Waals surface area contributed by atoms with Gasteiger partial charge in [0, 0.05) is 24.2 Å². The van der Waals surface area contributed by atoms with E-state index in [1.54, 1.807) is 18.3 Å². The Morgan fingerprint density at radius 3 is 3.10 bits per heavy atom. The highest BCUT2D eigenvalue weighted by molar-refractivity contribution is 5.94. The highest BCUT2D eigenvalue weighted by Crippen LogP contribution is 2.24. The molecular formula is C14H17N5O2. The van der Waals surface area contributed by atoms with Crippen molar-refractivity contribution in [3.05, 3.63) is 36.5 Å². The van der Waals surface area contributed by atoms with Gasteiger partial charge in [-0.2, -0.15) is 5.10 Å². The highest BCUT2D eigenvalue weighted by atomic mass is 16.3. The number of aliphatic hydroxyl groups is 1. The summed E-state index contributed by atoms with van der Waals surface area (Å²) < 4.78 is 1.50. The average molecular weight is 287 g/mol. The van der Waals surface area contributed by atoms with Gasteiger partial charge in [-0.25, -0.2) is 14.6 Å². The summed E-state index contributed by atoms with van der Waals surface area (Å²) in [6.07, 6.45) is 7.01. The smallest absolute Gasteiger partial charge is 0.251 e. The molecule has 2 atom stereocenters. The van der Waals surface area contributed by atoms with Crippen LogP contribution in [0.4, 0.5) is 0 Å². The number of hydrogen-bond acceptors (Lipinski definition) is 5. The Bertz CT molecular complexity index is 614. The molecule has 7 nitrogen and oxygen atoms in total. The second kappa shape index (κ2) is 6.01. The number of carbonyl (C=O) groups is 1. The zero-order valence-electron chi connectivity index (χ0n) is 11.5. The molecule has 2 aromatic rings. The van der Waals surface area contributed by atoms with Crippen LogP contribution in [-0.2, 0) is 0 Å². The van der Waals surface area contributed by atoms with Gasteiger partial charge >= 0.3 is 0 Å². The number of nitrogens with one attached hydrogen (secondary N) is 1. The van der Waals surface area contributed by atoms with Crippen molar-refractivity contribution < 1.29 is 9.90 Å². The fourth-order valence-corrected chi connectivity index (χ4v) is 2.59. The summed E-state index contributed by atoms with van der Waals surface area (Å²) in [6.45, 7) is 0.501. The van der Waals surface area contributed by atoms with E-state index in [0.717, 1.165) is 19.3 Å². The lowest BCUT2D eigenvalue weighted by Crippen LogP contribution is -2.32. The molecule has 0 bridgehead atoms. The summed E-state index contributed by atoms with van der Waals surface area (Å²) in [5.74, 6) is 0.532. The first-order valence-corrected chi connectivity index (χ1v) is 7.01. The zero-order chi connectivity index (χ0) is 14.7. The summed E-state index contributed by atoms with van der Waals surface area (Å²) in [7, 11) is 0. The normalized spacial score (nSPS) is 21.4. The second-order valence-corrected chi connectivity index (χ2v) is 5.21. The van der Waals surface area contributed by atoms with Gasteiger partial charge in [0.15, 0.2) is 5.82 Å². The number of aromatic nitrogens is 4. The Kier molecular flexibility index (Phi) is 3.92. The molecule has 0 aliphatic heterocycles. The molecule has 3 rings (SSSR count). The van der Waals surface area contributed by atoms with Crippen molar-refractivity contribution in [3.63, 3.8) is 0 Å². The molecule has 2 aromatic heterocycles. The number of rotatable bonds is 4. The van der Waals surface area contributed by atoms with Crippen LogP contribution >= 0.6 is 0 Å². The predicted octanol–water partition coefficient (Wildman–Crippen LogP) is 0.553. The third kappa shape index (κ3) is 3.08. The minimum absolute atomic E-state index is 0.158. The lowest BCUT2D eigenvalue weighted by Gasteiger charge is -2.15. The molecule has 110 valence electrons. The molecule has 2 unspecified atom stereocenters. The lowest BCUT2D eigenvalue weighted by molar-refractivity contribution is 0.0916. The number of hydrogen-bond donors (Lipinski definition) is 2. The van der Waals surface area contributed by atoms with E-state index >= 15 is 0 Å². The molecule has 1 fully saturated rings. The van der Waals surface area contributed by atoms with Crippen LogP contribution in [0.1, 0.15) is 29.6 Å². The van der Waals surface area contributed by atoms with Crippen LogP contribution in [0, 0.1) is 5.92 Å². The van der Waals surface area contributed by atoms with Crippen molar-refractivity contribution in [2.24, 2.45) is 5.92 Å². The predicted molar refractivity (Wildman–Crippen MR) is 74.8 cm³/mol. The average Bonchev–Trinajstić information content (AvgIpc) is 3.16. The van der Waals surface area contributed by atoms with Gasteiger partial charge in [-0.1, -0.05) is 6.42 Å². The molecule has 7 heteroatoms. The molecule has 0 spiro atoms. The Labute approximate surface area is 122 Å². The van der Waals surface area contributed by atoms with Crippen molar-refractivity contribution in [2.45, 2.75) is 25.4 Å². The molecule has 2 heterocycles. The standard InChI is InChI=1S/C14H17N5O2/c20-12-3-1-2-11(12)7-17-14(21)10-4-5-16-13(6-10)19-9-15-8-18-19/h4-6,8-9,11-12,20H,1-3,7H2,(H,17,21). The minimum atomic E-state index is -0.298. The van der Waals surface area contributed by atoms with Crippen LogP contribution in [0.3, 0.4) is 0 Å². The Morgan fingerprint density at radius 1 is 1.48 bits per heavy atom. The summed E-state index contributed by atoms with van der Waals surface area (Å²) >= 11 is 0. The van der Waals surface area contributed by atoms with E-state index in [-0.39, 0.29) is 17.9 Å². The summed E-state index contributed by atoms with van der Waals surface area (Å²) in [5.41, 5.74) is 0.517. The van der Waals surface area contributed by atoms with Crippen molar-refractivity contribution in [3.8, 4) is 5.82 Å². The zero-order valence-corrected chi connectivity index (χ0v) is 11.5. The van der Waals surface area contributed by atoms with Gasteiger partial charge in [-0.15, -0.1) is 0 Å². The maximum Gasteiger partial charge on any atom is 0.251 e. The number of amides is 1. The van der Waals surface area contributed by atoms with Gasteiger partial charge in [-0.05, 0) is 25.0 Å². The van der Waals surface area contributed by atoms with Gasteiger partial charge in [0.25, 0.3) is 5.91 Å². The molecule has 2 N–H and O–H groups in total. The fourth-order valence-electron chi connectivity index (χ4n) is 2.59. The van der Waals surface area contributed by atoms with Crippen molar-refractivity contribution in [1.82, 2.24) is 25.1 Å². The second-order valence-electron chi connectivity index (χ2n) is 5.21. The van der Waals surface area contributed by atoms with Gasteiger partial charge in [-0.3, -0.25) is 4.79 Å². The Hall–Kier alpha value is -2.28. The van der Waals surface area contributed by atoms with Gasteiger partial charge in [0.2, 0.25) is 0 Å². The quantitative estimate of drug-likeness (QED) is 0.856. The van der Waals surface area contributed by atoms with Crippen molar-refractivity contribution in [1.29, 1.82) is 0 Å². The number of pyridine rings is 1. The topological polar surface area (TPSA) is 92.9 Å². The third-order valence-electron chi connectivity index (χ3n) is 3.80. The van der Waals surface area contributed by atoms with Gasteiger partial charge in [0.05, 0.1) is 6.10 Å². The maximum absolute atomic E-state index is 12.2. The van der Waals surface area contributed by atoms with Gasteiger partial charge in [0.1, 0.15) is 12.7 Å². The minimum Gasteiger partial charge on any atom is -0.393 e. The SMILES string of the molecule is O=C(NCC1CCCC1O)c1ccnc(-n2cncn2)c1. The monoisotopic (exact) mass is 287 g/mol. The molecule has 0 radical (unpaired) electrons. The fraction of sp³-hybridized carbons (Fsp3) is 0.429. The number of aliphatic hydroxyl groups excluding tert-OH is 1. The molecule has 0 saturated heterocycles. The third-order valence-corrected chi connectivity index (χ3v) is 3.80. The first-order valence-electron chi connectivity index (χ1n) is 7.01. The molecule has 1 aliphatic rings. The van der Waals surface area contributed by atoms with E-state index in [9.17, 15) is 9.90 Å². The Morgan fingerprint density at radius 2 is 2.38 bits per heavy atom. The molecule has 1 saturated carbocycles. The van der Waals surface area contributed by atoms with Crippen LogP contribution in [0.25, 0.3) is 5.82 Å². The molecule has 0 aromatic carbocycles. The summed E-state index contributed by atoms with van der Waals surface area (Å²) in [4.78, 5) is 20.2. The largest absolute Gasteiger partial charge is 0.393 e. The summed E-state index contributed by atoms with van der Waals surface area (Å²) in [5, 5.41) is 16.6. The van der Waals surface area contributed by atoms with Crippen LogP contribution in [0.5, 0.6) is 0 Å². The van der Waals surface area contributed by atoms with Crippen molar-refractivity contribution >= 4 is 5.91 Å². The van der Waals surface area contributed by atoms with E-state index in [4.69, 9.17) is 0 Å². The van der Waals surface area contributed by atoms with Crippen LogP contribution in [0.2, 0.25) is 0 Å². The van der Waals surface area contributed by atoms with E-state index in [1.807, 2.05) is 0 Å². The first kappa shape index (κ1) is 13.7. The maximum atomic E-state index is 12.2. The molecule has 1 amide bonds. The van der Waals surface area contributed by atoms with Crippen molar-refractivity contribution in [2.75, 3.05) is 6.54 Å². The Balaban J connectivity index is 1.66. The number of nitrogens with zero attached hydrogens (tertiary/aromatic N) is 4. The van der Waals surface area contributed by atoms with Crippen LogP contribution in [0.15, 0.2) is 31.0 Å². The van der Waals surface area contributed by atoms with Crippen LogP contribution in [-0.4, -0.2) is 43.4 Å². The molecule has 1 aliphatic carbocycles. The summed E-state index contributed by atoms with van der Waals surface area (Å²) in [6, 6.07) is 3.32. The van der Waals surface area contributed by atoms with E-state index in [2.05, 4.69) is 20.4 Å². The van der Waals surface area contributed by atoms with E-state index in [1.165, 1.54) is 17.3 Å². The first-order chi connectivity index (χ1) is 10.2. The molecular weight excluding hydrogens is 270 g/mol.